The van der Waals surface area contributed by atoms with E-state index in [1.807, 2.05) is 30.4 Å². The van der Waals surface area contributed by atoms with E-state index >= 15 is 0 Å². The zero-order valence-electron chi connectivity index (χ0n) is 9.94. The molecule has 16 heavy (non-hydrogen) atoms. The maximum atomic E-state index is 9.43. The minimum absolute atomic E-state index is 0.0820. The molecule has 0 saturated carbocycles. The van der Waals surface area contributed by atoms with E-state index in [0.717, 1.165) is 35.9 Å². The fourth-order valence-electron chi connectivity index (χ4n) is 2.23. The first-order valence-corrected chi connectivity index (χ1v) is 6.85. The van der Waals surface area contributed by atoms with Gasteiger partial charge in [-0.15, -0.1) is 0 Å². The largest absolute Gasteiger partial charge is 0.391 e. The van der Waals surface area contributed by atoms with Crippen LogP contribution in [-0.4, -0.2) is 39.5 Å². The lowest BCUT2D eigenvalue weighted by Crippen LogP contribution is -2.28. The molecule has 1 fully saturated rings. The van der Waals surface area contributed by atoms with Gasteiger partial charge in [-0.1, -0.05) is 0 Å². The molecule has 0 aliphatic carbocycles. The molecule has 0 radical (unpaired) electrons. The Morgan fingerprint density at radius 3 is 2.94 bits per heavy atom. The lowest BCUT2D eigenvalue weighted by atomic mass is 10.2. The average molecular weight is 241 g/mol. The van der Waals surface area contributed by atoms with Gasteiger partial charge in [0.05, 0.1) is 12.3 Å². The third-order valence-corrected chi connectivity index (χ3v) is 4.04. The molecule has 90 valence electrons. The molecule has 1 aromatic heterocycles. The van der Waals surface area contributed by atoms with E-state index in [4.69, 9.17) is 0 Å². The summed E-state index contributed by atoms with van der Waals surface area (Å²) in [5, 5.41) is 13.8. The number of aliphatic hydroxyl groups is 1. The highest BCUT2D eigenvalue weighted by molar-refractivity contribution is 7.99. The van der Waals surface area contributed by atoms with Gasteiger partial charge in [0.2, 0.25) is 0 Å². The molecular formula is C11H19N3OS. The predicted molar refractivity (Wildman–Crippen MR) is 68.0 cm³/mol. The van der Waals surface area contributed by atoms with E-state index in [2.05, 4.69) is 10.00 Å². The molecule has 0 amide bonds. The smallest absolute Gasteiger partial charge is 0.132 e. The third-order valence-electron chi connectivity index (χ3n) is 2.99. The number of aliphatic hydroxyl groups excluding tert-OH is 1. The fourth-order valence-corrected chi connectivity index (χ4v) is 3.12. The topological polar surface area (TPSA) is 41.3 Å². The summed E-state index contributed by atoms with van der Waals surface area (Å²) < 4.78 is 1.90. The molecule has 0 unspecified atom stereocenters. The van der Waals surface area contributed by atoms with E-state index in [1.165, 1.54) is 12.2 Å². The van der Waals surface area contributed by atoms with Crippen LogP contribution in [0.2, 0.25) is 0 Å². The van der Waals surface area contributed by atoms with Crippen LogP contribution in [0.15, 0.2) is 0 Å². The van der Waals surface area contributed by atoms with Gasteiger partial charge in [0.15, 0.2) is 0 Å². The van der Waals surface area contributed by atoms with Gasteiger partial charge in [-0.2, -0.15) is 16.9 Å². The third kappa shape index (κ3) is 2.20. The van der Waals surface area contributed by atoms with Crippen LogP contribution >= 0.6 is 11.8 Å². The molecule has 1 aliphatic heterocycles. The van der Waals surface area contributed by atoms with Crippen LogP contribution in [0.5, 0.6) is 0 Å². The summed E-state index contributed by atoms with van der Waals surface area (Å²) in [6.07, 6.45) is 1.21. The minimum Gasteiger partial charge on any atom is -0.391 e. The highest BCUT2D eigenvalue weighted by atomic mass is 32.2. The molecule has 1 aliphatic rings. The van der Waals surface area contributed by atoms with Gasteiger partial charge in [0, 0.05) is 31.5 Å². The monoisotopic (exact) mass is 241 g/mol. The normalized spacial score (nSPS) is 17.6. The van der Waals surface area contributed by atoms with Gasteiger partial charge in [-0.3, -0.25) is 4.68 Å². The molecule has 0 atom stereocenters. The van der Waals surface area contributed by atoms with Gasteiger partial charge >= 0.3 is 0 Å². The Morgan fingerprint density at radius 2 is 2.19 bits per heavy atom. The number of hydrogen-bond donors (Lipinski definition) is 1. The molecule has 4 nitrogen and oxygen atoms in total. The SMILES string of the molecule is Cc1nn(C)c(N2CCCSCC2)c1CO. The van der Waals surface area contributed by atoms with E-state index in [1.54, 1.807) is 0 Å². The Morgan fingerprint density at radius 1 is 1.38 bits per heavy atom. The average Bonchev–Trinajstić information content (AvgIpc) is 2.48. The molecule has 2 heterocycles. The van der Waals surface area contributed by atoms with E-state index in [0.29, 0.717) is 0 Å². The molecule has 1 saturated heterocycles. The van der Waals surface area contributed by atoms with E-state index in [-0.39, 0.29) is 6.61 Å². The van der Waals surface area contributed by atoms with Crippen LogP contribution in [0.3, 0.4) is 0 Å². The van der Waals surface area contributed by atoms with Crippen molar-refractivity contribution < 1.29 is 5.11 Å². The molecule has 1 N–H and O–H groups in total. The van der Waals surface area contributed by atoms with Gasteiger partial charge < -0.3 is 10.0 Å². The molecule has 0 aromatic carbocycles. The zero-order chi connectivity index (χ0) is 11.5. The van der Waals surface area contributed by atoms with Crippen LogP contribution in [0.1, 0.15) is 17.7 Å². The van der Waals surface area contributed by atoms with E-state index in [9.17, 15) is 5.11 Å². The summed E-state index contributed by atoms with van der Waals surface area (Å²) in [6.45, 7) is 4.16. The summed E-state index contributed by atoms with van der Waals surface area (Å²) >= 11 is 2.01. The Labute approximate surface area is 101 Å². The van der Waals surface area contributed by atoms with Crippen molar-refractivity contribution >= 4 is 17.6 Å². The number of nitrogens with zero attached hydrogens (tertiary/aromatic N) is 3. The van der Waals surface area contributed by atoms with Crippen molar-refractivity contribution in [1.29, 1.82) is 0 Å². The van der Waals surface area contributed by atoms with Crippen molar-refractivity contribution in [2.75, 3.05) is 29.5 Å². The second-order valence-corrected chi connectivity index (χ2v) is 5.35. The zero-order valence-corrected chi connectivity index (χ0v) is 10.8. The first kappa shape index (κ1) is 11.8. The minimum atomic E-state index is 0.0820. The van der Waals surface area contributed by atoms with Crippen LogP contribution in [0.25, 0.3) is 0 Å². The number of hydrogen-bond acceptors (Lipinski definition) is 4. The van der Waals surface area contributed by atoms with Crippen molar-refractivity contribution in [3.05, 3.63) is 11.3 Å². The summed E-state index contributed by atoms with van der Waals surface area (Å²) in [6, 6.07) is 0. The number of aromatic nitrogens is 2. The number of rotatable bonds is 2. The summed E-state index contributed by atoms with van der Waals surface area (Å²) in [4.78, 5) is 2.35. The summed E-state index contributed by atoms with van der Waals surface area (Å²) in [5.74, 6) is 3.50. The summed E-state index contributed by atoms with van der Waals surface area (Å²) in [7, 11) is 1.96. The Bertz CT molecular complexity index is 356. The quantitative estimate of drug-likeness (QED) is 0.844. The molecule has 0 spiro atoms. The maximum Gasteiger partial charge on any atom is 0.132 e. The van der Waals surface area contributed by atoms with Crippen LogP contribution in [0.4, 0.5) is 5.82 Å². The van der Waals surface area contributed by atoms with Gasteiger partial charge in [-0.25, -0.2) is 0 Å². The predicted octanol–water partition coefficient (Wildman–Crippen LogP) is 1.16. The first-order valence-electron chi connectivity index (χ1n) is 5.70. The van der Waals surface area contributed by atoms with Crippen molar-refractivity contribution in [3.63, 3.8) is 0 Å². The fraction of sp³-hybridized carbons (Fsp3) is 0.727. The van der Waals surface area contributed by atoms with Crippen molar-refractivity contribution in [2.45, 2.75) is 20.0 Å². The van der Waals surface area contributed by atoms with E-state index < -0.39 is 0 Å². The number of anilines is 1. The Hall–Kier alpha value is -0.680. The Kier molecular flexibility index (Phi) is 3.76. The van der Waals surface area contributed by atoms with Crippen LogP contribution in [-0.2, 0) is 13.7 Å². The molecule has 5 heteroatoms. The van der Waals surface area contributed by atoms with Crippen LogP contribution < -0.4 is 4.90 Å². The lowest BCUT2D eigenvalue weighted by molar-refractivity contribution is 0.281. The standard InChI is InChI=1S/C11H19N3OS/c1-9-10(8-15)11(13(2)12-9)14-4-3-6-16-7-5-14/h15H,3-8H2,1-2H3. The van der Waals surface area contributed by atoms with Gasteiger partial charge in [0.1, 0.15) is 5.82 Å². The Balaban J connectivity index is 2.29. The maximum absolute atomic E-state index is 9.43. The van der Waals surface area contributed by atoms with Crippen LogP contribution in [0, 0.1) is 6.92 Å². The van der Waals surface area contributed by atoms with Crippen molar-refractivity contribution in [2.24, 2.45) is 7.05 Å². The van der Waals surface area contributed by atoms with Crippen molar-refractivity contribution in [1.82, 2.24) is 9.78 Å². The molecule has 1 aromatic rings. The first-order chi connectivity index (χ1) is 7.74. The van der Waals surface area contributed by atoms with Crippen molar-refractivity contribution in [3.8, 4) is 0 Å². The lowest BCUT2D eigenvalue weighted by Gasteiger charge is -2.23. The molecule has 0 bridgehead atoms. The highest BCUT2D eigenvalue weighted by Gasteiger charge is 2.19. The second-order valence-electron chi connectivity index (χ2n) is 4.12. The van der Waals surface area contributed by atoms with Gasteiger partial charge in [-0.05, 0) is 19.1 Å². The van der Waals surface area contributed by atoms with Gasteiger partial charge in [0.25, 0.3) is 0 Å². The number of thioether (sulfide) groups is 1. The number of aryl methyl sites for hydroxylation is 2. The summed E-state index contributed by atoms with van der Waals surface area (Å²) in [5.41, 5.74) is 1.92. The molecule has 2 rings (SSSR count). The highest BCUT2D eigenvalue weighted by Crippen LogP contribution is 2.25. The molecular weight excluding hydrogens is 222 g/mol. The second kappa shape index (κ2) is 5.10.